The molecule has 0 aliphatic rings. The molecule has 1 aromatic heterocycles. The van der Waals surface area contributed by atoms with Gasteiger partial charge in [0.1, 0.15) is 5.82 Å². The van der Waals surface area contributed by atoms with Crippen LogP contribution in [0.3, 0.4) is 0 Å². The summed E-state index contributed by atoms with van der Waals surface area (Å²) in [6.07, 6.45) is 0. The summed E-state index contributed by atoms with van der Waals surface area (Å²) in [5, 5.41) is 8.63. The van der Waals surface area contributed by atoms with Crippen molar-refractivity contribution in [1.82, 2.24) is 4.98 Å². The first-order valence-electron chi connectivity index (χ1n) is 3.07. The molecular formula is C7H10N2O. The first kappa shape index (κ1) is 7.02. The molecule has 1 aromatic rings. The molecule has 54 valence electrons. The Kier molecular flexibility index (Phi) is 1.87. The van der Waals surface area contributed by atoms with Crippen molar-refractivity contribution in [2.24, 2.45) is 0 Å². The van der Waals surface area contributed by atoms with Crippen molar-refractivity contribution in [3.05, 3.63) is 23.4 Å². The Morgan fingerprint density at radius 3 is 2.80 bits per heavy atom. The second-order valence-corrected chi connectivity index (χ2v) is 2.16. The first-order chi connectivity index (χ1) is 4.74. The summed E-state index contributed by atoms with van der Waals surface area (Å²) in [6.45, 7) is 1.83. The topological polar surface area (TPSA) is 59.1 Å². The molecule has 0 unspecified atom stereocenters. The van der Waals surface area contributed by atoms with E-state index in [9.17, 15) is 0 Å². The molecule has 0 aliphatic heterocycles. The van der Waals surface area contributed by atoms with Crippen LogP contribution in [0.25, 0.3) is 0 Å². The highest BCUT2D eigenvalue weighted by Crippen LogP contribution is 2.06. The molecule has 3 nitrogen and oxygen atoms in total. The Morgan fingerprint density at radius 1 is 1.60 bits per heavy atom. The average Bonchev–Trinajstić information content (AvgIpc) is 1.95. The number of anilines is 1. The third-order valence-electron chi connectivity index (χ3n) is 1.36. The number of nitrogens with two attached hydrogens (primary N) is 1. The van der Waals surface area contributed by atoms with Crippen LogP contribution in [0.1, 0.15) is 11.3 Å². The van der Waals surface area contributed by atoms with E-state index in [0.29, 0.717) is 11.5 Å². The molecule has 3 heteroatoms. The van der Waals surface area contributed by atoms with Gasteiger partial charge < -0.3 is 10.8 Å². The van der Waals surface area contributed by atoms with E-state index in [4.69, 9.17) is 10.8 Å². The molecule has 1 heterocycles. The number of hydrogen-bond donors (Lipinski definition) is 2. The summed E-state index contributed by atoms with van der Waals surface area (Å²) < 4.78 is 0. The second-order valence-electron chi connectivity index (χ2n) is 2.16. The van der Waals surface area contributed by atoms with Crippen molar-refractivity contribution >= 4 is 5.82 Å². The van der Waals surface area contributed by atoms with Gasteiger partial charge in [0, 0.05) is 0 Å². The number of rotatable bonds is 1. The SMILES string of the molecule is Cc1ccc(CO)nc1N. The van der Waals surface area contributed by atoms with Gasteiger partial charge in [-0.15, -0.1) is 0 Å². The predicted molar refractivity (Wildman–Crippen MR) is 39.3 cm³/mol. The van der Waals surface area contributed by atoms with Crippen LogP contribution in [0.5, 0.6) is 0 Å². The predicted octanol–water partition coefficient (Wildman–Crippen LogP) is 0.465. The molecule has 0 aromatic carbocycles. The summed E-state index contributed by atoms with van der Waals surface area (Å²) in [5.41, 5.74) is 7.03. The summed E-state index contributed by atoms with van der Waals surface area (Å²) in [5.74, 6) is 0.492. The van der Waals surface area contributed by atoms with Gasteiger partial charge >= 0.3 is 0 Å². The van der Waals surface area contributed by atoms with E-state index in [1.165, 1.54) is 0 Å². The molecule has 0 aliphatic carbocycles. The molecule has 0 radical (unpaired) electrons. The molecule has 0 atom stereocenters. The Labute approximate surface area is 59.5 Å². The standard InChI is InChI=1S/C7H10N2O/c1-5-2-3-6(4-10)9-7(5)8/h2-3,10H,4H2,1H3,(H2,8,9). The third-order valence-corrected chi connectivity index (χ3v) is 1.36. The molecule has 0 saturated heterocycles. The molecule has 10 heavy (non-hydrogen) atoms. The highest BCUT2D eigenvalue weighted by Gasteiger charge is 1.95. The fourth-order valence-corrected chi connectivity index (χ4v) is 0.675. The Bertz CT molecular complexity index is 235. The van der Waals surface area contributed by atoms with Crippen molar-refractivity contribution in [3.63, 3.8) is 0 Å². The largest absolute Gasteiger partial charge is 0.390 e. The quantitative estimate of drug-likeness (QED) is 0.592. The summed E-state index contributed by atoms with van der Waals surface area (Å²) in [4.78, 5) is 3.92. The van der Waals surface area contributed by atoms with Crippen LogP contribution in [0, 0.1) is 6.92 Å². The maximum atomic E-state index is 8.63. The van der Waals surface area contributed by atoms with Crippen molar-refractivity contribution in [2.75, 3.05) is 5.73 Å². The third kappa shape index (κ3) is 1.25. The Morgan fingerprint density at radius 2 is 2.30 bits per heavy atom. The highest BCUT2D eigenvalue weighted by molar-refractivity contribution is 5.38. The number of nitrogen functional groups attached to an aromatic ring is 1. The van der Waals surface area contributed by atoms with Gasteiger partial charge in [0.25, 0.3) is 0 Å². The number of aliphatic hydroxyl groups excluding tert-OH is 1. The van der Waals surface area contributed by atoms with Gasteiger partial charge in [-0.1, -0.05) is 6.07 Å². The molecule has 0 saturated carbocycles. The van der Waals surface area contributed by atoms with E-state index in [1.807, 2.05) is 13.0 Å². The minimum Gasteiger partial charge on any atom is -0.390 e. The Balaban J connectivity index is 3.04. The van der Waals surface area contributed by atoms with Gasteiger partial charge in [-0.3, -0.25) is 0 Å². The Hall–Kier alpha value is -1.09. The summed E-state index contributed by atoms with van der Waals surface area (Å²) in [7, 11) is 0. The molecular weight excluding hydrogens is 128 g/mol. The van der Waals surface area contributed by atoms with Gasteiger partial charge in [-0.05, 0) is 18.6 Å². The van der Waals surface area contributed by atoms with E-state index >= 15 is 0 Å². The number of aliphatic hydroxyl groups is 1. The van der Waals surface area contributed by atoms with Crippen molar-refractivity contribution in [3.8, 4) is 0 Å². The van der Waals surface area contributed by atoms with Crippen LogP contribution in [-0.4, -0.2) is 10.1 Å². The zero-order chi connectivity index (χ0) is 7.56. The van der Waals surface area contributed by atoms with Gasteiger partial charge in [0.15, 0.2) is 0 Å². The number of pyridine rings is 1. The molecule has 3 N–H and O–H groups in total. The number of nitrogens with zero attached hydrogens (tertiary/aromatic N) is 1. The van der Waals surface area contributed by atoms with Gasteiger partial charge in [0.05, 0.1) is 12.3 Å². The first-order valence-corrected chi connectivity index (χ1v) is 3.07. The summed E-state index contributed by atoms with van der Waals surface area (Å²) >= 11 is 0. The minimum atomic E-state index is -0.0511. The van der Waals surface area contributed by atoms with Gasteiger partial charge in [-0.25, -0.2) is 4.98 Å². The molecule has 0 bridgehead atoms. The number of hydrogen-bond acceptors (Lipinski definition) is 3. The van der Waals surface area contributed by atoms with Crippen molar-refractivity contribution in [1.29, 1.82) is 0 Å². The van der Waals surface area contributed by atoms with Crippen LogP contribution < -0.4 is 5.73 Å². The zero-order valence-electron chi connectivity index (χ0n) is 5.83. The number of aryl methyl sites for hydroxylation is 1. The lowest BCUT2D eigenvalue weighted by atomic mass is 10.2. The zero-order valence-corrected chi connectivity index (χ0v) is 5.83. The van der Waals surface area contributed by atoms with E-state index in [1.54, 1.807) is 6.07 Å². The monoisotopic (exact) mass is 138 g/mol. The molecule has 1 rings (SSSR count). The maximum Gasteiger partial charge on any atom is 0.126 e. The average molecular weight is 138 g/mol. The maximum absolute atomic E-state index is 8.63. The second kappa shape index (κ2) is 2.66. The van der Waals surface area contributed by atoms with Crippen LogP contribution >= 0.6 is 0 Å². The van der Waals surface area contributed by atoms with E-state index < -0.39 is 0 Å². The fourth-order valence-electron chi connectivity index (χ4n) is 0.675. The van der Waals surface area contributed by atoms with Gasteiger partial charge in [0.2, 0.25) is 0 Å². The lowest BCUT2D eigenvalue weighted by Gasteiger charge is -1.99. The van der Waals surface area contributed by atoms with Crippen LogP contribution in [0.2, 0.25) is 0 Å². The molecule has 0 spiro atoms. The van der Waals surface area contributed by atoms with E-state index in [2.05, 4.69) is 4.98 Å². The van der Waals surface area contributed by atoms with Crippen molar-refractivity contribution < 1.29 is 5.11 Å². The fraction of sp³-hybridized carbons (Fsp3) is 0.286. The lowest BCUT2D eigenvalue weighted by Crippen LogP contribution is -1.97. The highest BCUT2D eigenvalue weighted by atomic mass is 16.3. The van der Waals surface area contributed by atoms with E-state index in [-0.39, 0.29) is 6.61 Å². The summed E-state index contributed by atoms with van der Waals surface area (Å²) in [6, 6.07) is 3.60. The van der Waals surface area contributed by atoms with Crippen LogP contribution in [0.15, 0.2) is 12.1 Å². The van der Waals surface area contributed by atoms with E-state index in [0.717, 1.165) is 5.56 Å². The minimum absolute atomic E-state index is 0.0511. The van der Waals surface area contributed by atoms with Crippen molar-refractivity contribution in [2.45, 2.75) is 13.5 Å². The molecule has 0 fully saturated rings. The smallest absolute Gasteiger partial charge is 0.126 e. The normalized spacial score (nSPS) is 9.80. The molecule has 0 amide bonds. The lowest BCUT2D eigenvalue weighted by molar-refractivity contribution is 0.277. The number of aromatic nitrogens is 1. The van der Waals surface area contributed by atoms with Gasteiger partial charge in [-0.2, -0.15) is 0 Å². The van der Waals surface area contributed by atoms with Crippen LogP contribution in [-0.2, 0) is 6.61 Å². The van der Waals surface area contributed by atoms with Crippen LogP contribution in [0.4, 0.5) is 5.82 Å².